The Kier molecular flexibility index (Phi) is 4.70. The molecule has 3 aromatic rings. The average molecular weight is 371 g/mol. The molecule has 8 nitrogen and oxygen atoms in total. The van der Waals surface area contributed by atoms with E-state index in [9.17, 15) is 9.59 Å². The smallest absolute Gasteiger partial charge is 0.336 e. The van der Waals surface area contributed by atoms with Gasteiger partial charge in [-0.05, 0) is 47.5 Å². The molecule has 9 heteroatoms. The maximum atomic E-state index is 12.2. The standard InChI is InChI=1S/C17H17N5O3S/c23-15(10-26-17-19-20-21-22(17)13-3-1-2-4-13)18-12-6-7-14-11(9-12)5-8-16(24)25-14/h5-9,13H,1-4,10H2,(H,18,23). The fourth-order valence-electron chi connectivity index (χ4n) is 3.14. The van der Waals surface area contributed by atoms with Crippen LogP contribution in [0.3, 0.4) is 0 Å². The summed E-state index contributed by atoms with van der Waals surface area (Å²) in [6, 6.07) is 8.50. The summed E-state index contributed by atoms with van der Waals surface area (Å²) < 4.78 is 6.92. The maximum Gasteiger partial charge on any atom is 0.336 e. The molecule has 4 rings (SSSR count). The predicted molar refractivity (Wildman–Crippen MR) is 97.2 cm³/mol. The first-order valence-corrected chi connectivity index (χ1v) is 9.42. The van der Waals surface area contributed by atoms with Gasteiger partial charge in [-0.15, -0.1) is 5.10 Å². The van der Waals surface area contributed by atoms with E-state index in [1.54, 1.807) is 24.3 Å². The zero-order chi connectivity index (χ0) is 17.9. The number of benzene rings is 1. The Balaban J connectivity index is 1.39. The molecule has 0 atom stereocenters. The van der Waals surface area contributed by atoms with Crippen molar-refractivity contribution in [3.05, 3.63) is 40.8 Å². The highest BCUT2D eigenvalue weighted by Crippen LogP contribution is 2.31. The largest absolute Gasteiger partial charge is 0.423 e. The van der Waals surface area contributed by atoms with Crippen molar-refractivity contribution in [3.8, 4) is 0 Å². The van der Waals surface area contributed by atoms with Crippen molar-refractivity contribution in [1.82, 2.24) is 20.2 Å². The zero-order valence-corrected chi connectivity index (χ0v) is 14.7. The van der Waals surface area contributed by atoms with E-state index in [1.807, 2.05) is 4.68 Å². The van der Waals surface area contributed by atoms with Gasteiger partial charge in [-0.2, -0.15) is 0 Å². The van der Waals surface area contributed by atoms with Crippen molar-refractivity contribution in [2.75, 3.05) is 11.1 Å². The second kappa shape index (κ2) is 7.28. The molecule has 26 heavy (non-hydrogen) atoms. The molecular weight excluding hydrogens is 354 g/mol. The van der Waals surface area contributed by atoms with Crippen molar-refractivity contribution in [3.63, 3.8) is 0 Å². The number of aromatic nitrogens is 4. The van der Waals surface area contributed by atoms with Crippen LogP contribution in [0, 0.1) is 0 Å². The van der Waals surface area contributed by atoms with E-state index >= 15 is 0 Å². The quantitative estimate of drug-likeness (QED) is 0.543. The van der Waals surface area contributed by atoms with Crippen LogP contribution in [0.4, 0.5) is 5.69 Å². The van der Waals surface area contributed by atoms with E-state index in [0.717, 1.165) is 18.2 Å². The van der Waals surface area contributed by atoms with E-state index in [4.69, 9.17) is 4.42 Å². The van der Waals surface area contributed by atoms with Gasteiger partial charge in [0.05, 0.1) is 11.8 Å². The van der Waals surface area contributed by atoms with Gasteiger partial charge in [0, 0.05) is 17.1 Å². The van der Waals surface area contributed by atoms with E-state index in [2.05, 4.69) is 20.8 Å². The molecule has 2 aromatic heterocycles. The summed E-state index contributed by atoms with van der Waals surface area (Å²) in [4.78, 5) is 23.5. The highest BCUT2D eigenvalue weighted by atomic mass is 32.2. The fourth-order valence-corrected chi connectivity index (χ4v) is 3.88. The number of nitrogens with one attached hydrogen (secondary N) is 1. The minimum Gasteiger partial charge on any atom is -0.423 e. The third-order valence-corrected chi connectivity index (χ3v) is 5.30. The molecule has 134 valence electrons. The summed E-state index contributed by atoms with van der Waals surface area (Å²) in [5, 5.41) is 16.1. The van der Waals surface area contributed by atoms with Crippen LogP contribution in [0.5, 0.6) is 0 Å². The number of carbonyl (C=O) groups is 1. The van der Waals surface area contributed by atoms with Gasteiger partial charge < -0.3 is 9.73 Å². The first kappa shape index (κ1) is 16.8. The van der Waals surface area contributed by atoms with Gasteiger partial charge in [-0.25, -0.2) is 9.48 Å². The van der Waals surface area contributed by atoms with Gasteiger partial charge in [0.1, 0.15) is 5.58 Å². The monoisotopic (exact) mass is 371 g/mol. The Morgan fingerprint density at radius 3 is 2.96 bits per heavy atom. The average Bonchev–Trinajstić information content (AvgIpc) is 3.31. The van der Waals surface area contributed by atoms with Gasteiger partial charge >= 0.3 is 5.63 Å². The molecule has 1 aliphatic rings. The van der Waals surface area contributed by atoms with Crippen LogP contribution in [0.1, 0.15) is 31.7 Å². The number of nitrogens with zero attached hydrogens (tertiary/aromatic N) is 4. The number of fused-ring (bicyclic) bond motifs is 1. The second-order valence-electron chi connectivity index (χ2n) is 6.19. The first-order valence-electron chi connectivity index (χ1n) is 8.43. The van der Waals surface area contributed by atoms with Gasteiger partial charge in [0.25, 0.3) is 0 Å². The predicted octanol–water partition coefficient (Wildman–Crippen LogP) is 2.63. The topological polar surface area (TPSA) is 103 Å². The number of tetrazole rings is 1. The molecule has 2 heterocycles. The van der Waals surface area contributed by atoms with E-state index < -0.39 is 5.63 Å². The van der Waals surface area contributed by atoms with Crippen LogP contribution >= 0.6 is 11.8 Å². The maximum absolute atomic E-state index is 12.2. The number of amides is 1. The van der Waals surface area contributed by atoms with Gasteiger partial charge in [0.2, 0.25) is 11.1 Å². The van der Waals surface area contributed by atoms with E-state index in [1.165, 1.54) is 30.7 Å². The lowest BCUT2D eigenvalue weighted by molar-refractivity contribution is -0.113. The van der Waals surface area contributed by atoms with Crippen LogP contribution in [-0.4, -0.2) is 31.9 Å². The SMILES string of the molecule is O=C(CSc1nnnn1C1CCCC1)Nc1ccc2oc(=O)ccc2c1. The van der Waals surface area contributed by atoms with Crippen molar-refractivity contribution >= 4 is 34.3 Å². The van der Waals surface area contributed by atoms with E-state index in [-0.39, 0.29) is 11.7 Å². The van der Waals surface area contributed by atoms with Crippen LogP contribution in [0.25, 0.3) is 11.0 Å². The van der Waals surface area contributed by atoms with Crippen LogP contribution < -0.4 is 10.9 Å². The van der Waals surface area contributed by atoms with E-state index in [0.29, 0.717) is 22.5 Å². The lowest BCUT2D eigenvalue weighted by Crippen LogP contribution is -2.15. The molecular formula is C17H17N5O3S. The van der Waals surface area contributed by atoms with Crippen molar-refractivity contribution in [2.45, 2.75) is 36.9 Å². The zero-order valence-electron chi connectivity index (χ0n) is 13.9. The molecule has 0 saturated heterocycles. The summed E-state index contributed by atoms with van der Waals surface area (Å²) in [5.41, 5.74) is 0.735. The number of hydrogen-bond donors (Lipinski definition) is 1. The molecule has 0 unspecified atom stereocenters. The normalized spacial score (nSPS) is 14.8. The second-order valence-corrected chi connectivity index (χ2v) is 7.13. The Morgan fingerprint density at radius 2 is 2.12 bits per heavy atom. The van der Waals surface area contributed by atoms with Crippen LogP contribution in [0.15, 0.2) is 44.7 Å². The molecule has 1 N–H and O–H groups in total. The Hall–Kier alpha value is -2.68. The first-order chi connectivity index (χ1) is 12.7. The van der Waals surface area contributed by atoms with Crippen molar-refractivity contribution < 1.29 is 9.21 Å². The summed E-state index contributed by atoms with van der Waals surface area (Å²) in [6.07, 6.45) is 4.55. The Bertz CT molecular complexity index is 993. The highest BCUT2D eigenvalue weighted by molar-refractivity contribution is 7.99. The number of rotatable bonds is 5. The van der Waals surface area contributed by atoms with Crippen molar-refractivity contribution in [2.24, 2.45) is 0 Å². The summed E-state index contributed by atoms with van der Waals surface area (Å²) in [6.45, 7) is 0. The summed E-state index contributed by atoms with van der Waals surface area (Å²) in [5.74, 6) is 0.0716. The minimum absolute atomic E-state index is 0.146. The molecule has 0 aliphatic heterocycles. The molecule has 1 saturated carbocycles. The Labute approximate surface area is 153 Å². The number of carbonyl (C=O) groups excluding carboxylic acids is 1. The van der Waals surface area contributed by atoms with Gasteiger partial charge in [0.15, 0.2) is 0 Å². The lowest BCUT2D eigenvalue weighted by atomic mass is 10.2. The molecule has 0 radical (unpaired) electrons. The van der Waals surface area contributed by atoms with Gasteiger partial charge in [-0.3, -0.25) is 4.79 Å². The van der Waals surface area contributed by atoms with Crippen molar-refractivity contribution in [1.29, 1.82) is 0 Å². The summed E-state index contributed by atoms with van der Waals surface area (Å²) in [7, 11) is 0. The number of anilines is 1. The molecule has 1 aromatic carbocycles. The summed E-state index contributed by atoms with van der Waals surface area (Å²) >= 11 is 1.33. The fraction of sp³-hybridized carbons (Fsp3) is 0.353. The molecule has 1 fully saturated rings. The lowest BCUT2D eigenvalue weighted by Gasteiger charge is -2.10. The molecule has 1 aliphatic carbocycles. The molecule has 0 spiro atoms. The van der Waals surface area contributed by atoms with Crippen LogP contribution in [0.2, 0.25) is 0 Å². The molecule has 0 bridgehead atoms. The highest BCUT2D eigenvalue weighted by Gasteiger charge is 2.22. The molecule has 1 amide bonds. The third kappa shape index (κ3) is 3.62. The number of thioether (sulfide) groups is 1. The Morgan fingerprint density at radius 1 is 1.27 bits per heavy atom. The third-order valence-electron chi connectivity index (χ3n) is 4.37. The number of hydrogen-bond acceptors (Lipinski definition) is 7. The van der Waals surface area contributed by atoms with Gasteiger partial charge in [-0.1, -0.05) is 24.6 Å². The minimum atomic E-state index is -0.398. The van der Waals surface area contributed by atoms with Crippen LogP contribution in [-0.2, 0) is 4.79 Å².